The number of nitrogens with one attached hydrogen (secondary N) is 1. The van der Waals surface area contributed by atoms with Crippen molar-refractivity contribution < 1.29 is 13.2 Å². The van der Waals surface area contributed by atoms with Gasteiger partial charge in [-0.1, -0.05) is 0 Å². The van der Waals surface area contributed by atoms with Gasteiger partial charge in [0.15, 0.2) is 11.6 Å². The van der Waals surface area contributed by atoms with Crippen LogP contribution in [0.2, 0.25) is 0 Å². The molecule has 17 heavy (non-hydrogen) atoms. The normalized spacial score (nSPS) is 10.3. The quantitative estimate of drug-likeness (QED) is 0.790. The van der Waals surface area contributed by atoms with Gasteiger partial charge in [-0.25, -0.2) is 18.2 Å². The highest BCUT2D eigenvalue weighted by Crippen LogP contribution is 2.21. The lowest BCUT2D eigenvalue weighted by Crippen LogP contribution is -2.02. The number of hydrogen-bond donors (Lipinski definition) is 2. The minimum atomic E-state index is -1.29. The fourth-order valence-electron chi connectivity index (χ4n) is 1.20. The van der Waals surface area contributed by atoms with E-state index in [4.69, 9.17) is 5.73 Å². The van der Waals surface area contributed by atoms with Crippen molar-refractivity contribution in [1.82, 2.24) is 9.97 Å². The molecular formula is C10H7F3N4. The van der Waals surface area contributed by atoms with Crippen LogP contribution < -0.4 is 11.1 Å². The Hall–Kier alpha value is -2.31. The molecule has 0 aliphatic rings. The lowest BCUT2D eigenvalue weighted by atomic mass is 10.3. The van der Waals surface area contributed by atoms with Crippen molar-refractivity contribution in [1.29, 1.82) is 0 Å². The Morgan fingerprint density at radius 2 is 1.94 bits per heavy atom. The highest BCUT2D eigenvalue weighted by atomic mass is 19.2. The van der Waals surface area contributed by atoms with Crippen LogP contribution in [0.5, 0.6) is 0 Å². The second-order valence-electron chi connectivity index (χ2n) is 3.18. The van der Waals surface area contributed by atoms with Crippen molar-refractivity contribution in [2.75, 3.05) is 11.1 Å². The SMILES string of the molecule is Nc1ccnc(Nc2cc(F)cc(F)c2F)n1. The van der Waals surface area contributed by atoms with Crippen molar-refractivity contribution in [3.05, 3.63) is 41.8 Å². The first-order valence-corrected chi connectivity index (χ1v) is 4.56. The summed E-state index contributed by atoms with van der Waals surface area (Å²) in [6, 6.07) is 2.67. The van der Waals surface area contributed by atoms with Crippen LogP contribution in [0, 0.1) is 17.5 Å². The van der Waals surface area contributed by atoms with E-state index in [-0.39, 0.29) is 11.8 Å². The molecular weight excluding hydrogens is 233 g/mol. The summed E-state index contributed by atoms with van der Waals surface area (Å²) in [5.41, 5.74) is 4.98. The largest absolute Gasteiger partial charge is 0.384 e. The first-order valence-electron chi connectivity index (χ1n) is 4.56. The molecule has 0 unspecified atom stereocenters. The van der Waals surface area contributed by atoms with Crippen molar-refractivity contribution in [2.45, 2.75) is 0 Å². The fraction of sp³-hybridized carbons (Fsp3) is 0. The molecule has 2 rings (SSSR count). The third-order valence-corrected chi connectivity index (χ3v) is 1.92. The molecule has 0 spiro atoms. The zero-order valence-electron chi connectivity index (χ0n) is 8.42. The van der Waals surface area contributed by atoms with E-state index >= 15 is 0 Å². The van der Waals surface area contributed by atoms with Crippen LogP contribution in [0.25, 0.3) is 0 Å². The van der Waals surface area contributed by atoms with Gasteiger partial charge in [0.05, 0.1) is 5.69 Å². The van der Waals surface area contributed by atoms with Crippen LogP contribution in [0.4, 0.5) is 30.6 Å². The minimum Gasteiger partial charge on any atom is -0.384 e. The van der Waals surface area contributed by atoms with Crippen LogP contribution in [0.1, 0.15) is 0 Å². The molecule has 1 aromatic carbocycles. The molecule has 7 heteroatoms. The Balaban J connectivity index is 2.36. The van der Waals surface area contributed by atoms with Gasteiger partial charge in [0.1, 0.15) is 11.6 Å². The topological polar surface area (TPSA) is 63.8 Å². The third kappa shape index (κ3) is 2.44. The fourth-order valence-corrected chi connectivity index (χ4v) is 1.20. The molecule has 0 amide bonds. The first-order chi connectivity index (χ1) is 8.06. The average Bonchev–Trinajstić information content (AvgIpc) is 2.25. The van der Waals surface area contributed by atoms with Gasteiger partial charge < -0.3 is 11.1 Å². The van der Waals surface area contributed by atoms with Crippen LogP contribution in [-0.4, -0.2) is 9.97 Å². The monoisotopic (exact) mass is 240 g/mol. The Labute approximate surface area is 94.3 Å². The maximum absolute atomic E-state index is 13.3. The summed E-state index contributed by atoms with van der Waals surface area (Å²) in [5.74, 6) is -3.31. The molecule has 0 radical (unpaired) electrons. The number of nitrogens with two attached hydrogens (primary N) is 1. The van der Waals surface area contributed by atoms with E-state index in [1.165, 1.54) is 12.3 Å². The Morgan fingerprint density at radius 3 is 2.65 bits per heavy atom. The van der Waals surface area contributed by atoms with Crippen molar-refractivity contribution in [3.8, 4) is 0 Å². The molecule has 2 aromatic rings. The highest BCUT2D eigenvalue weighted by Gasteiger charge is 2.12. The summed E-state index contributed by atoms with van der Waals surface area (Å²) in [6.45, 7) is 0. The standard InChI is InChI=1S/C10H7F3N4/c11-5-3-6(12)9(13)7(4-5)16-10-15-2-1-8(14)17-10/h1-4H,(H3,14,15,16,17). The third-order valence-electron chi connectivity index (χ3n) is 1.92. The van der Waals surface area contributed by atoms with Gasteiger partial charge in [0.2, 0.25) is 5.95 Å². The van der Waals surface area contributed by atoms with Crippen molar-refractivity contribution in [2.24, 2.45) is 0 Å². The number of benzene rings is 1. The van der Waals surface area contributed by atoms with E-state index < -0.39 is 23.1 Å². The Bertz CT molecular complexity index is 559. The van der Waals surface area contributed by atoms with Gasteiger partial charge in [-0.3, -0.25) is 0 Å². The smallest absolute Gasteiger partial charge is 0.229 e. The van der Waals surface area contributed by atoms with E-state index in [2.05, 4.69) is 15.3 Å². The van der Waals surface area contributed by atoms with Crippen LogP contribution >= 0.6 is 0 Å². The van der Waals surface area contributed by atoms with E-state index in [0.717, 1.165) is 6.07 Å². The molecule has 4 nitrogen and oxygen atoms in total. The molecule has 0 atom stereocenters. The summed E-state index contributed by atoms with van der Waals surface area (Å²) < 4.78 is 39.1. The molecule has 0 aliphatic carbocycles. The number of rotatable bonds is 2. The van der Waals surface area contributed by atoms with Gasteiger partial charge in [-0.05, 0) is 6.07 Å². The van der Waals surface area contributed by atoms with Gasteiger partial charge in [-0.2, -0.15) is 4.98 Å². The summed E-state index contributed by atoms with van der Waals surface area (Å²) >= 11 is 0. The minimum absolute atomic E-state index is 0.0473. The van der Waals surface area contributed by atoms with Crippen molar-refractivity contribution in [3.63, 3.8) is 0 Å². The number of anilines is 3. The maximum atomic E-state index is 13.3. The molecule has 0 saturated heterocycles. The summed E-state index contributed by atoms with van der Waals surface area (Å²) in [6.07, 6.45) is 1.33. The number of nitrogens with zero attached hydrogens (tertiary/aromatic N) is 2. The Kier molecular flexibility index (Phi) is 2.82. The maximum Gasteiger partial charge on any atom is 0.229 e. The zero-order chi connectivity index (χ0) is 12.4. The highest BCUT2D eigenvalue weighted by molar-refractivity contribution is 5.55. The summed E-state index contributed by atoms with van der Waals surface area (Å²) in [7, 11) is 0. The predicted molar refractivity (Wildman–Crippen MR) is 56.0 cm³/mol. The number of aromatic nitrogens is 2. The second-order valence-corrected chi connectivity index (χ2v) is 3.18. The molecule has 0 fully saturated rings. The number of hydrogen-bond acceptors (Lipinski definition) is 4. The molecule has 0 saturated carbocycles. The number of nitrogen functional groups attached to an aromatic ring is 1. The Morgan fingerprint density at radius 1 is 1.18 bits per heavy atom. The predicted octanol–water partition coefficient (Wildman–Crippen LogP) is 2.22. The van der Waals surface area contributed by atoms with E-state index in [1.54, 1.807) is 0 Å². The number of halogens is 3. The van der Waals surface area contributed by atoms with Crippen LogP contribution in [0.15, 0.2) is 24.4 Å². The summed E-state index contributed by atoms with van der Waals surface area (Å²) in [4.78, 5) is 7.43. The molecule has 1 aromatic heterocycles. The van der Waals surface area contributed by atoms with Crippen LogP contribution in [-0.2, 0) is 0 Å². The molecule has 88 valence electrons. The first kappa shape index (κ1) is 11.2. The molecule has 3 N–H and O–H groups in total. The van der Waals surface area contributed by atoms with Gasteiger partial charge in [0, 0.05) is 18.3 Å². The molecule has 0 bridgehead atoms. The van der Waals surface area contributed by atoms with Crippen LogP contribution in [0.3, 0.4) is 0 Å². The van der Waals surface area contributed by atoms with E-state index in [0.29, 0.717) is 6.07 Å². The molecule has 0 aliphatic heterocycles. The lowest BCUT2D eigenvalue weighted by molar-refractivity contribution is 0.498. The lowest BCUT2D eigenvalue weighted by Gasteiger charge is -2.06. The van der Waals surface area contributed by atoms with E-state index in [9.17, 15) is 13.2 Å². The van der Waals surface area contributed by atoms with Crippen molar-refractivity contribution >= 4 is 17.5 Å². The summed E-state index contributed by atoms with van der Waals surface area (Å²) in [5, 5.41) is 2.34. The van der Waals surface area contributed by atoms with Gasteiger partial charge >= 0.3 is 0 Å². The van der Waals surface area contributed by atoms with Gasteiger partial charge in [0.25, 0.3) is 0 Å². The van der Waals surface area contributed by atoms with E-state index in [1.807, 2.05) is 0 Å². The van der Waals surface area contributed by atoms with Gasteiger partial charge in [-0.15, -0.1) is 0 Å². The zero-order valence-corrected chi connectivity index (χ0v) is 8.42. The average molecular weight is 240 g/mol. The second kappa shape index (κ2) is 4.28. The molecule has 1 heterocycles.